The molecule has 15 heavy (non-hydrogen) atoms. The summed E-state index contributed by atoms with van der Waals surface area (Å²) in [6.07, 6.45) is 1.25. The molecule has 1 amide bonds. The van der Waals surface area contributed by atoms with Crippen LogP contribution in [0.5, 0.6) is 0 Å². The predicted octanol–water partition coefficient (Wildman–Crippen LogP) is 2.93. The summed E-state index contributed by atoms with van der Waals surface area (Å²) < 4.78 is 0. The Hall–Kier alpha value is -0.530. The number of rotatable bonds is 0. The summed E-state index contributed by atoms with van der Waals surface area (Å²) >= 11 is 0. The molecule has 1 heterocycles. The fourth-order valence-electron chi connectivity index (χ4n) is 2.41. The SMILES string of the molecule is CC1CC(C)C(C)N(C(=O)C(C)(C)C)C1. The lowest BCUT2D eigenvalue weighted by molar-refractivity contribution is -0.145. The van der Waals surface area contributed by atoms with Gasteiger partial charge in [-0.1, -0.05) is 34.6 Å². The van der Waals surface area contributed by atoms with Crippen molar-refractivity contribution in [3.05, 3.63) is 0 Å². The van der Waals surface area contributed by atoms with E-state index < -0.39 is 0 Å². The third kappa shape index (κ3) is 2.73. The van der Waals surface area contributed by atoms with Gasteiger partial charge in [-0.3, -0.25) is 4.79 Å². The van der Waals surface area contributed by atoms with Crippen molar-refractivity contribution >= 4 is 5.91 Å². The molecule has 0 bridgehead atoms. The van der Waals surface area contributed by atoms with Gasteiger partial charge in [0.1, 0.15) is 0 Å². The van der Waals surface area contributed by atoms with E-state index in [1.807, 2.05) is 20.8 Å². The lowest BCUT2D eigenvalue weighted by atomic mass is 9.83. The minimum Gasteiger partial charge on any atom is -0.339 e. The Morgan fingerprint density at radius 1 is 1.20 bits per heavy atom. The van der Waals surface area contributed by atoms with E-state index in [4.69, 9.17) is 0 Å². The van der Waals surface area contributed by atoms with Crippen molar-refractivity contribution in [2.24, 2.45) is 17.3 Å². The van der Waals surface area contributed by atoms with Crippen LogP contribution in [0.4, 0.5) is 0 Å². The number of piperidine rings is 1. The molecule has 0 saturated carbocycles. The zero-order valence-electron chi connectivity index (χ0n) is 11.0. The van der Waals surface area contributed by atoms with Gasteiger partial charge < -0.3 is 4.90 Å². The van der Waals surface area contributed by atoms with Gasteiger partial charge in [0, 0.05) is 18.0 Å². The van der Waals surface area contributed by atoms with E-state index >= 15 is 0 Å². The van der Waals surface area contributed by atoms with Gasteiger partial charge >= 0.3 is 0 Å². The minimum atomic E-state index is -0.245. The molecule has 0 spiro atoms. The van der Waals surface area contributed by atoms with E-state index in [9.17, 15) is 4.79 Å². The maximum Gasteiger partial charge on any atom is 0.228 e. The Bertz CT molecular complexity index is 241. The Balaban J connectivity index is 2.80. The molecule has 1 saturated heterocycles. The van der Waals surface area contributed by atoms with Crippen molar-refractivity contribution < 1.29 is 4.79 Å². The molecule has 1 aliphatic rings. The molecular formula is C13H25NO. The fourth-order valence-corrected chi connectivity index (χ4v) is 2.41. The van der Waals surface area contributed by atoms with Crippen LogP contribution in [0.1, 0.15) is 48.0 Å². The van der Waals surface area contributed by atoms with Crippen LogP contribution >= 0.6 is 0 Å². The van der Waals surface area contributed by atoms with Gasteiger partial charge in [0.25, 0.3) is 0 Å². The summed E-state index contributed by atoms with van der Waals surface area (Å²) in [5.41, 5.74) is -0.245. The van der Waals surface area contributed by atoms with Gasteiger partial charge in [0.05, 0.1) is 0 Å². The molecule has 3 atom stereocenters. The smallest absolute Gasteiger partial charge is 0.228 e. The van der Waals surface area contributed by atoms with E-state index in [2.05, 4.69) is 25.7 Å². The summed E-state index contributed by atoms with van der Waals surface area (Å²) in [6, 6.07) is 0.396. The van der Waals surface area contributed by atoms with Crippen LogP contribution in [0.3, 0.4) is 0 Å². The van der Waals surface area contributed by atoms with Crippen LogP contribution in [0.2, 0.25) is 0 Å². The lowest BCUT2D eigenvalue weighted by Gasteiger charge is -2.43. The number of likely N-dealkylation sites (tertiary alicyclic amines) is 1. The van der Waals surface area contributed by atoms with E-state index in [1.54, 1.807) is 0 Å². The first-order chi connectivity index (χ1) is 6.73. The first kappa shape index (κ1) is 12.5. The first-order valence-electron chi connectivity index (χ1n) is 6.04. The van der Waals surface area contributed by atoms with Crippen molar-refractivity contribution in [1.82, 2.24) is 4.90 Å². The minimum absolute atomic E-state index is 0.245. The molecule has 0 radical (unpaired) electrons. The largest absolute Gasteiger partial charge is 0.339 e. The highest BCUT2D eigenvalue weighted by Gasteiger charge is 2.36. The van der Waals surface area contributed by atoms with Gasteiger partial charge in [-0.05, 0) is 25.2 Å². The van der Waals surface area contributed by atoms with Crippen molar-refractivity contribution in [2.75, 3.05) is 6.54 Å². The number of hydrogen-bond acceptors (Lipinski definition) is 1. The molecule has 3 unspecified atom stereocenters. The number of nitrogens with zero attached hydrogens (tertiary/aromatic N) is 1. The molecule has 1 rings (SSSR count). The Morgan fingerprint density at radius 2 is 1.73 bits per heavy atom. The molecule has 1 fully saturated rings. The van der Waals surface area contributed by atoms with Crippen molar-refractivity contribution in [2.45, 2.75) is 54.0 Å². The average molecular weight is 211 g/mol. The van der Waals surface area contributed by atoms with Gasteiger partial charge in [-0.15, -0.1) is 0 Å². The summed E-state index contributed by atoms with van der Waals surface area (Å²) in [4.78, 5) is 14.3. The van der Waals surface area contributed by atoms with Gasteiger partial charge in [-0.2, -0.15) is 0 Å². The maximum absolute atomic E-state index is 12.2. The predicted molar refractivity (Wildman–Crippen MR) is 63.6 cm³/mol. The highest BCUT2D eigenvalue weighted by atomic mass is 16.2. The van der Waals surface area contributed by atoms with Crippen LogP contribution in [-0.2, 0) is 4.79 Å². The Morgan fingerprint density at radius 3 is 2.20 bits per heavy atom. The van der Waals surface area contributed by atoms with E-state index in [0.717, 1.165) is 6.54 Å². The highest BCUT2D eigenvalue weighted by Crippen LogP contribution is 2.30. The summed E-state index contributed by atoms with van der Waals surface area (Å²) in [5, 5.41) is 0. The number of hydrogen-bond donors (Lipinski definition) is 0. The van der Waals surface area contributed by atoms with E-state index in [1.165, 1.54) is 6.42 Å². The normalized spacial score (nSPS) is 32.9. The molecular weight excluding hydrogens is 186 g/mol. The van der Waals surface area contributed by atoms with Crippen LogP contribution in [-0.4, -0.2) is 23.4 Å². The number of carbonyl (C=O) groups is 1. The summed E-state index contributed by atoms with van der Waals surface area (Å²) in [6.45, 7) is 13.6. The second-order valence-corrected chi connectivity index (χ2v) is 6.27. The fraction of sp³-hybridized carbons (Fsp3) is 0.923. The maximum atomic E-state index is 12.2. The van der Waals surface area contributed by atoms with Crippen LogP contribution in [0.25, 0.3) is 0 Å². The summed E-state index contributed by atoms with van der Waals surface area (Å²) in [7, 11) is 0. The molecule has 0 aromatic rings. The topological polar surface area (TPSA) is 20.3 Å². The third-order valence-electron chi connectivity index (χ3n) is 3.50. The number of amides is 1. The zero-order chi connectivity index (χ0) is 11.8. The molecule has 88 valence electrons. The molecule has 2 nitrogen and oxygen atoms in total. The Kier molecular flexibility index (Phi) is 3.47. The van der Waals surface area contributed by atoms with Crippen LogP contribution < -0.4 is 0 Å². The van der Waals surface area contributed by atoms with Crippen molar-refractivity contribution in [1.29, 1.82) is 0 Å². The zero-order valence-corrected chi connectivity index (χ0v) is 11.0. The first-order valence-corrected chi connectivity index (χ1v) is 6.04. The second kappa shape index (κ2) is 4.15. The van der Waals surface area contributed by atoms with Crippen molar-refractivity contribution in [3.8, 4) is 0 Å². The number of carbonyl (C=O) groups excluding carboxylic acids is 1. The third-order valence-corrected chi connectivity index (χ3v) is 3.50. The standard InChI is InChI=1S/C13H25NO/c1-9-7-10(2)11(3)14(8-9)12(15)13(4,5)6/h9-11H,7-8H2,1-6H3. The molecule has 2 heteroatoms. The highest BCUT2D eigenvalue weighted by molar-refractivity contribution is 5.81. The quantitative estimate of drug-likeness (QED) is 0.603. The monoisotopic (exact) mass is 211 g/mol. The van der Waals surface area contributed by atoms with Crippen LogP contribution in [0, 0.1) is 17.3 Å². The lowest BCUT2D eigenvalue weighted by Crippen LogP contribution is -2.52. The van der Waals surface area contributed by atoms with Gasteiger partial charge in [0.15, 0.2) is 0 Å². The van der Waals surface area contributed by atoms with Crippen LogP contribution in [0.15, 0.2) is 0 Å². The molecule has 0 aromatic heterocycles. The van der Waals surface area contributed by atoms with E-state index in [-0.39, 0.29) is 5.41 Å². The summed E-state index contributed by atoms with van der Waals surface area (Å²) in [5.74, 6) is 1.57. The molecule has 0 N–H and O–H groups in total. The van der Waals surface area contributed by atoms with Gasteiger partial charge in [0.2, 0.25) is 5.91 Å². The van der Waals surface area contributed by atoms with E-state index in [0.29, 0.717) is 23.8 Å². The Labute approximate surface area is 94.0 Å². The second-order valence-electron chi connectivity index (χ2n) is 6.27. The molecule has 0 aromatic carbocycles. The molecule has 1 aliphatic heterocycles. The van der Waals surface area contributed by atoms with Crippen molar-refractivity contribution in [3.63, 3.8) is 0 Å². The molecule has 0 aliphatic carbocycles. The average Bonchev–Trinajstić information content (AvgIpc) is 2.08. The van der Waals surface area contributed by atoms with Gasteiger partial charge in [-0.25, -0.2) is 0 Å².